The normalized spacial score (nSPS) is 13.7. The second kappa shape index (κ2) is 10.7. The number of hydrogen-bond acceptors (Lipinski definition) is 9. The van der Waals surface area contributed by atoms with Crippen LogP contribution in [0.5, 0.6) is 0 Å². The van der Waals surface area contributed by atoms with E-state index >= 15 is 0 Å². The molecule has 0 atom stereocenters. The van der Waals surface area contributed by atoms with Gasteiger partial charge in [-0.2, -0.15) is 0 Å². The van der Waals surface area contributed by atoms with Crippen LogP contribution >= 0.6 is 22.9 Å². The highest BCUT2D eigenvalue weighted by Gasteiger charge is 2.20. The third-order valence-electron chi connectivity index (χ3n) is 5.24. The van der Waals surface area contributed by atoms with Crippen LogP contribution in [0.1, 0.15) is 21.1 Å². The molecular weight excluding hydrogens is 488 g/mol. The van der Waals surface area contributed by atoms with Gasteiger partial charge in [-0.3, -0.25) is 15.0 Å². The predicted octanol–water partition coefficient (Wildman–Crippen LogP) is 2.99. The fraction of sp³-hybridized carbons (Fsp3) is 0.261. The number of aryl methyl sites for hydroxylation is 2. The van der Waals surface area contributed by atoms with Crippen molar-refractivity contribution < 1.29 is 9.59 Å². The topological polar surface area (TPSA) is 115 Å². The SMILES string of the molecule is C#CC(=O)NN1CCN(c2cc(Nc3ncc(C(=O)Nc4c(C)cccc4Cl)s3)nc(C)n2)CC1. The van der Waals surface area contributed by atoms with Crippen LogP contribution in [0.25, 0.3) is 0 Å². The number of terminal acetylenes is 1. The maximum Gasteiger partial charge on any atom is 0.309 e. The number of carbonyl (C=O) groups is 2. The minimum Gasteiger partial charge on any atom is -0.354 e. The van der Waals surface area contributed by atoms with Crippen LogP contribution < -0.4 is 21.0 Å². The van der Waals surface area contributed by atoms with Crippen LogP contribution in [0, 0.1) is 26.2 Å². The van der Waals surface area contributed by atoms with E-state index in [-0.39, 0.29) is 5.91 Å². The average molecular weight is 511 g/mol. The zero-order valence-corrected chi connectivity index (χ0v) is 20.7. The maximum atomic E-state index is 12.7. The molecule has 1 aliphatic heterocycles. The van der Waals surface area contributed by atoms with Crippen molar-refractivity contribution in [2.75, 3.05) is 41.7 Å². The van der Waals surface area contributed by atoms with Gasteiger partial charge in [-0.15, -0.1) is 6.42 Å². The van der Waals surface area contributed by atoms with E-state index in [0.29, 0.717) is 58.5 Å². The molecule has 0 unspecified atom stereocenters. The first kappa shape index (κ1) is 24.4. The van der Waals surface area contributed by atoms with Crippen molar-refractivity contribution in [3.63, 3.8) is 0 Å². The Kier molecular flexibility index (Phi) is 7.45. The van der Waals surface area contributed by atoms with Crippen molar-refractivity contribution >= 4 is 57.2 Å². The molecule has 0 aliphatic carbocycles. The highest BCUT2D eigenvalue weighted by molar-refractivity contribution is 7.17. The van der Waals surface area contributed by atoms with Gasteiger partial charge in [-0.1, -0.05) is 35.1 Å². The Labute approximate surface area is 211 Å². The lowest BCUT2D eigenvalue weighted by Gasteiger charge is -2.35. The Morgan fingerprint density at radius 1 is 1.17 bits per heavy atom. The van der Waals surface area contributed by atoms with Crippen LogP contribution in [0.2, 0.25) is 5.02 Å². The lowest BCUT2D eigenvalue weighted by molar-refractivity contribution is -0.120. The van der Waals surface area contributed by atoms with Crippen molar-refractivity contribution in [2.45, 2.75) is 13.8 Å². The van der Waals surface area contributed by atoms with Gasteiger partial charge in [0.25, 0.3) is 5.91 Å². The molecule has 1 aliphatic rings. The standard InChI is InChI=1S/C23H23ClN8O2S/c1-4-20(33)30-32-10-8-31(9-11-32)19-12-18(26-15(3)27-19)28-23-25-13-17(35-23)22(34)29-21-14(2)6-5-7-16(21)24/h1,5-7,12-13H,8-11H2,2-3H3,(H,29,34)(H,30,33)(H,25,26,27,28). The maximum absolute atomic E-state index is 12.7. The van der Waals surface area contributed by atoms with E-state index in [1.54, 1.807) is 11.1 Å². The number of hydrogen-bond donors (Lipinski definition) is 3. The molecule has 10 nitrogen and oxygen atoms in total. The zero-order chi connectivity index (χ0) is 24.9. The van der Waals surface area contributed by atoms with Crippen LogP contribution in [-0.2, 0) is 4.79 Å². The molecule has 0 bridgehead atoms. The van der Waals surface area contributed by atoms with Crippen molar-refractivity contribution in [2.24, 2.45) is 0 Å². The summed E-state index contributed by atoms with van der Waals surface area (Å²) < 4.78 is 0. The summed E-state index contributed by atoms with van der Waals surface area (Å²) >= 11 is 7.43. The number of piperazine rings is 1. The molecule has 1 saturated heterocycles. The molecule has 0 radical (unpaired) electrons. The van der Waals surface area contributed by atoms with E-state index < -0.39 is 5.91 Å². The first-order valence-electron chi connectivity index (χ1n) is 10.7. The molecule has 1 fully saturated rings. The summed E-state index contributed by atoms with van der Waals surface area (Å²) in [6.45, 7) is 6.21. The van der Waals surface area contributed by atoms with Gasteiger partial charge in [0.1, 0.15) is 22.3 Å². The van der Waals surface area contributed by atoms with Gasteiger partial charge in [0, 0.05) is 32.2 Å². The fourth-order valence-electron chi connectivity index (χ4n) is 3.51. The fourth-order valence-corrected chi connectivity index (χ4v) is 4.50. The van der Waals surface area contributed by atoms with Crippen LogP contribution in [0.4, 0.5) is 22.5 Å². The number of thiazole rings is 1. The van der Waals surface area contributed by atoms with Gasteiger partial charge < -0.3 is 15.5 Å². The Bertz CT molecular complexity index is 1280. The van der Waals surface area contributed by atoms with E-state index in [1.807, 2.05) is 38.0 Å². The van der Waals surface area contributed by atoms with Crippen molar-refractivity contribution in [1.29, 1.82) is 0 Å². The summed E-state index contributed by atoms with van der Waals surface area (Å²) in [4.78, 5) is 39.9. The van der Waals surface area contributed by atoms with Gasteiger partial charge in [0.15, 0.2) is 5.13 Å². The lowest BCUT2D eigenvalue weighted by atomic mass is 10.2. The predicted molar refractivity (Wildman–Crippen MR) is 137 cm³/mol. The minimum atomic E-state index is -0.457. The first-order chi connectivity index (χ1) is 16.8. The summed E-state index contributed by atoms with van der Waals surface area (Å²) in [5.74, 6) is 3.22. The molecule has 2 aromatic heterocycles. The largest absolute Gasteiger partial charge is 0.354 e. The molecule has 0 spiro atoms. The summed E-state index contributed by atoms with van der Waals surface area (Å²) in [6.07, 6.45) is 6.62. The van der Waals surface area contributed by atoms with Crippen molar-refractivity contribution in [3.8, 4) is 12.3 Å². The van der Waals surface area contributed by atoms with E-state index in [9.17, 15) is 9.59 Å². The quantitative estimate of drug-likeness (QED) is 0.433. The smallest absolute Gasteiger partial charge is 0.309 e. The summed E-state index contributed by atoms with van der Waals surface area (Å²) in [5, 5.41) is 8.80. The Balaban J connectivity index is 1.41. The van der Waals surface area contributed by atoms with E-state index in [1.165, 1.54) is 17.5 Å². The highest BCUT2D eigenvalue weighted by atomic mass is 35.5. The summed E-state index contributed by atoms with van der Waals surface area (Å²) in [6, 6.07) is 7.27. The molecule has 12 heteroatoms. The number of aromatic nitrogens is 3. The van der Waals surface area contributed by atoms with Gasteiger partial charge in [-0.05, 0) is 31.4 Å². The average Bonchev–Trinajstić information content (AvgIpc) is 3.30. The zero-order valence-electron chi connectivity index (χ0n) is 19.1. The molecule has 3 heterocycles. The Hall–Kier alpha value is -3.72. The third kappa shape index (κ3) is 6.05. The first-order valence-corrected chi connectivity index (χ1v) is 11.9. The third-order valence-corrected chi connectivity index (χ3v) is 6.47. The number of para-hydroxylation sites is 1. The number of rotatable bonds is 6. The molecule has 2 amide bonds. The number of amides is 2. The van der Waals surface area contributed by atoms with Gasteiger partial charge in [-0.25, -0.2) is 20.0 Å². The molecule has 180 valence electrons. The monoisotopic (exact) mass is 510 g/mol. The molecule has 3 N–H and O–H groups in total. The molecule has 0 saturated carbocycles. The molecule has 3 aromatic rings. The number of nitrogens with one attached hydrogen (secondary N) is 3. The number of benzene rings is 1. The van der Waals surface area contributed by atoms with Gasteiger partial charge in [0.2, 0.25) is 0 Å². The van der Waals surface area contributed by atoms with Crippen LogP contribution in [0.15, 0.2) is 30.5 Å². The molecule has 35 heavy (non-hydrogen) atoms. The van der Waals surface area contributed by atoms with Crippen molar-refractivity contribution in [1.82, 2.24) is 25.4 Å². The van der Waals surface area contributed by atoms with E-state index in [0.717, 1.165) is 11.4 Å². The number of halogens is 1. The van der Waals surface area contributed by atoms with Crippen LogP contribution in [0.3, 0.4) is 0 Å². The van der Waals surface area contributed by atoms with Gasteiger partial charge >= 0.3 is 5.91 Å². The van der Waals surface area contributed by atoms with E-state index in [4.69, 9.17) is 18.0 Å². The Morgan fingerprint density at radius 2 is 1.94 bits per heavy atom. The number of hydrazine groups is 1. The Morgan fingerprint density at radius 3 is 2.66 bits per heavy atom. The molecular formula is C23H23ClN8O2S. The van der Waals surface area contributed by atoms with Crippen molar-refractivity contribution in [3.05, 3.63) is 51.7 Å². The number of nitrogens with zero attached hydrogens (tertiary/aromatic N) is 5. The van der Waals surface area contributed by atoms with Crippen LogP contribution in [-0.4, -0.2) is 58.0 Å². The lowest BCUT2D eigenvalue weighted by Crippen LogP contribution is -2.53. The molecule has 1 aromatic carbocycles. The van der Waals surface area contributed by atoms with E-state index in [2.05, 4.69) is 35.9 Å². The van der Waals surface area contributed by atoms with Gasteiger partial charge in [0.05, 0.1) is 16.9 Å². The molecule has 4 rings (SSSR count). The number of anilines is 4. The second-order valence-corrected chi connectivity index (χ2v) is 9.20. The second-order valence-electron chi connectivity index (χ2n) is 7.76. The number of carbonyl (C=O) groups excluding carboxylic acids is 2. The summed E-state index contributed by atoms with van der Waals surface area (Å²) in [5.41, 5.74) is 4.12. The highest BCUT2D eigenvalue weighted by Crippen LogP contribution is 2.28. The minimum absolute atomic E-state index is 0.291. The summed E-state index contributed by atoms with van der Waals surface area (Å²) in [7, 11) is 0.